The van der Waals surface area contributed by atoms with Crippen LogP contribution in [0.1, 0.15) is 17.2 Å². The van der Waals surface area contributed by atoms with Gasteiger partial charge in [-0.1, -0.05) is 12.1 Å². The Balaban J connectivity index is 2.41. The van der Waals surface area contributed by atoms with E-state index < -0.39 is 6.04 Å². The minimum absolute atomic E-state index is 0.327. The zero-order chi connectivity index (χ0) is 15.1. The molecular weight excluding hydrogens is 273 g/mol. The van der Waals surface area contributed by atoms with Crippen molar-refractivity contribution in [3.63, 3.8) is 0 Å². The Morgan fingerprint density at radius 2 is 1.67 bits per heavy atom. The Labute approximate surface area is 122 Å². The third-order valence-electron chi connectivity index (χ3n) is 3.83. The van der Waals surface area contributed by atoms with E-state index in [0.717, 1.165) is 11.1 Å². The lowest BCUT2D eigenvalue weighted by molar-refractivity contribution is 0.324. The molecule has 1 aliphatic rings. The van der Waals surface area contributed by atoms with Gasteiger partial charge in [0.2, 0.25) is 5.75 Å². The summed E-state index contributed by atoms with van der Waals surface area (Å²) in [6.45, 7) is 0. The highest BCUT2D eigenvalue weighted by Gasteiger charge is 2.34. The SMILES string of the molecule is COc1cc2c(c(OC)c1OC)-c1c(F)cccc1C2N. The van der Waals surface area contributed by atoms with Gasteiger partial charge in [-0.05, 0) is 23.3 Å². The van der Waals surface area contributed by atoms with E-state index in [0.29, 0.717) is 28.4 Å². The first kappa shape index (κ1) is 13.7. The minimum Gasteiger partial charge on any atom is -0.493 e. The molecule has 21 heavy (non-hydrogen) atoms. The van der Waals surface area contributed by atoms with E-state index in [4.69, 9.17) is 19.9 Å². The third-order valence-corrected chi connectivity index (χ3v) is 3.83. The highest BCUT2D eigenvalue weighted by atomic mass is 19.1. The van der Waals surface area contributed by atoms with Crippen molar-refractivity contribution >= 4 is 0 Å². The quantitative estimate of drug-likeness (QED) is 0.944. The number of halogens is 1. The maximum atomic E-state index is 14.3. The summed E-state index contributed by atoms with van der Waals surface area (Å²) in [5.41, 5.74) is 8.86. The number of rotatable bonds is 3. The largest absolute Gasteiger partial charge is 0.493 e. The zero-order valence-corrected chi connectivity index (χ0v) is 12.1. The van der Waals surface area contributed by atoms with Crippen LogP contribution in [0.25, 0.3) is 11.1 Å². The van der Waals surface area contributed by atoms with Gasteiger partial charge >= 0.3 is 0 Å². The lowest BCUT2D eigenvalue weighted by atomic mass is 10.0. The number of hydrogen-bond donors (Lipinski definition) is 1. The molecule has 1 unspecified atom stereocenters. The Hall–Kier alpha value is -2.27. The molecule has 0 saturated heterocycles. The summed E-state index contributed by atoms with van der Waals surface area (Å²) in [6.07, 6.45) is 0. The third kappa shape index (κ3) is 1.77. The minimum atomic E-state index is -0.417. The van der Waals surface area contributed by atoms with E-state index in [1.807, 2.05) is 6.07 Å². The maximum absolute atomic E-state index is 14.3. The van der Waals surface area contributed by atoms with Gasteiger partial charge in [0, 0.05) is 11.1 Å². The number of hydrogen-bond acceptors (Lipinski definition) is 4. The van der Waals surface area contributed by atoms with Crippen LogP contribution in [0.2, 0.25) is 0 Å². The Kier molecular flexibility index (Phi) is 3.22. The lowest BCUT2D eigenvalue weighted by Crippen LogP contribution is -2.08. The van der Waals surface area contributed by atoms with E-state index in [1.165, 1.54) is 27.4 Å². The Morgan fingerprint density at radius 1 is 0.952 bits per heavy atom. The molecule has 4 nitrogen and oxygen atoms in total. The molecule has 0 bridgehead atoms. The molecule has 2 aromatic carbocycles. The summed E-state index contributed by atoms with van der Waals surface area (Å²) in [7, 11) is 4.57. The molecular formula is C16H16FNO3. The van der Waals surface area contributed by atoms with E-state index >= 15 is 0 Å². The van der Waals surface area contributed by atoms with Gasteiger partial charge in [-0.25, -0.2) is 4.39 Å². The summed E-state index contributed by atoms with van der Waals surface area (Å²) < 4.78 is 30.4. The maximum Gasteiger partial charge on any atom is 0.203 e. The van der Waals surface area contributed by atoms with Crippen LogP contribution >= 0.6 is 0 Å². The average molecular weight is 289 g/mol. The molecule has 0 aliphatic heterocycles. The first-order valence-corrected chi connectivity index (χ1v) is 6.51. The van der Waals surface area contributed by atoms with Crippen LogP contribution in [-0.2, 0) is 0 Å². The standard InChI is InChI=1S/C16H16FNO3/c1-19-11-7-9-13(16(21-3)15(11)20-2)12-8(14(9)18)5-4-6-10(12)17/h4-7,14H,18H2,1-3H3. The van der Waals surface area contributed by atoms with Crippen molar-refractivity contribution in [3.8, 4) is 28.4 Å². The Morgan fingerprint density at radius 3 is 2.29 bits per heavy atom. The first-order chi connectivity index (χ1) is 10.1. The van der Waals surface area contributed by atoms with E-state index in [2.05, 4.69) is 0 Å². The summed E-state index contributed by atoms with van der Waals surface area (Å²) in [5.74, 6) is 1.05. The fourth-order valence-corrected chi connectivity index (χ4v) is 2.91. The van der Waals surface area contributed by atoms with Crippen LogP contribution in [-0.4, -0.2) is 21.3 Å². The molecule has 0 spiro atoms. The molecule has 0 fully saturated rings. The molecule has 2 N–H and O–H groups in total. The van der Waals surface area contributed by atoms with Crippen LogP contribution < -0.4 is 19.9 Å². The molecule has 0 heterocycles. The van der Waals surface area contributed by atoms with Gasteiger partial charge in [-0.3, -0.25) is 0 Å². The van der Waals surface area contributed by atoms with Gasteiger partial charge < -0.3 is 19.9 Å². The Bertz CT molecular complexity index is 715. The molecule has 1 aliphatic carbocycles. The van der Waals surface area contributed by atoms with Crippen LogP contribution in [0.15, 0.2) is 24.3 Å². The fraction of sp³-hybridized carbons (Fsp3) is 0.250. The van der Waals surface area contributed by atoms with Gasteiger partial charge in [-0.15, -0.1) is 0 Å². The molecule has 2 aromatic rings. The van der Waals surface area contributed by atoms with Gasteiger partial charge in [0.1, 0.15) is 5.82 Å². The van der Waals surface area contributed by atoms with Crippen LogP contribution in [0.5, 0.6) is 17.2 Å². The predicted octanol–water partition coefficient (Wildman–Crippen LogP) is 2.88. The molecule has 3 rings (SSSR count). The highest BCUT2D eigenvalue weighted by Crippen LogP contribution is 2.54. The highest BCUT2D eigenvalue weighted by molar-refractivity contribution is 5.87. The van der Waals surface area contributed by atoms with Crippen molar-refractivity contribution in [1.29, 1.82) is 0 Å². The number of nitrogens with two attached hydrogens (primary N) is 1. The first-order valence-electron chi connectivity index (χ1n) is 6.51. The van der Waals surface area contributed by atoms with Crippen LogP contribution in [0.3, 0.4) is 0 Å². The van der Waals surface area contributed by atoms with Crippen molar-refractivity contribution in [3.05, 3.63) is 41.2 Å². The summed E-state index contributed by atoms with van der Waals surface area (Å²) >= 11 is 0. The van der Waals surface area contributed by atoms with Gasteiger partial charge in [0.25, 0.3) is 0 Å². The number of benzene rings is 2. The topological polar surface area (TPSA) is 53.7 Å². The van der Waals surface area contributed by atoms with Gasteiger partial charge in [-0.2, -0.15) is 0 Å². The normalized spacial score (nSPS) is 15.4. The molecule has 0 radical (unpaired) electrons. The zero-order valence-electron chi connectivity index (χ0n) is 12.1. The van der Waals surface area contributed by atoms with Gasteiger partial charge in [0.15, 0.2) is 11.5 Å². The molecule has 0 aromatic heterocycles. The monoisotopic (exact) mass is 289 g/mol. The molecule has 0 saturated carbocycles. The summed E-state index contributed by atoms with van der Waals surface area (Å²) in [4.78, 5) is 0. The second kappa shape index (κ2) is 4.93. The number of fused-ring (bicyclic) bond motifs is 3. The van der Waals surface area contributed by atoms with E-state index in [-0.39, 0.29) is 5.82 Å². The fourth-order valence-electron chi connectivity index (χ4n) is 2.91. The van der Waals surface area contributed by atoms with Crippen molar-refractivity contribution in [1.82, 2.24) is 0 Å². The summed E-state index contributed by atoms with van der Waals surface area (Å²) in [6, 6.07) is 6.25. The summed E-state index contributed by atoms with van der Waals surface area (Å²) in [5, 5.41) is 0. The molecule has 110 valence electrons. The smallest absolute Gasteiger partial charge is 0.203 e. The second-order valence-corrected chi connectivity index (χ2v) is 4.79. The van der Waals surface area contributed by atoms with Crippen molar-refractivity contribution in [2.45, 2.75) is 6.04 Å². The molecule has 0 amide bonds. The number of methoxy groups -OCH3 is 3. The lowest BCUT2D eigenvalue weighted by Gasteiger charge is -2.17. The molecule has 5 heteroatoms. The van der Waals surface area contributed by atoms with E-state index in [9.17, 15) is 4.39 Å². The van der Waals surface area contributed by atoms with Crippen LogP contribution in [0, 0.1) is 5.82 Å². The number of ether oxygens (including phenoxy) is 3. The van der Waals surface area contributed by atoms with E-state index in [1.54, 1.807) is 12.1 Å². The van der Waals surface area contributed by atoms with Gasteiger partial charge in [0.05, 0.1) is 27.4 Å². The van der Waals surface area contributed by atoms with Crippen molar-refractivity contribution < 1.29 is 18.6 Å². The average Bonchev–Trinajstić information content (AvgIpc) is 2.79. The van der Waals surface area contributed by atoms with Crippen molar-refractivity contribution in [2.75, 3.05) is 21.3 Å². The van der Waals surface area contributed by atoms with Crippen molar-refractivity contribution in [2.24, 2.45) is 5.73 Å². The molecule has 1 atom stereocenters. The second-order valence-electron chi connectivity index (χ2n) is 4.79. The van der Waals surface area contributed by atoms with Crippen LogP contribution in [0.4, 0.5) is 4.39 Å². The predicted molar refractivity (Wildman–Crippen MR) is 77.5 cm³/mol.